The van der Waals surface area contributed by atoms with Gasteiger partial charge in [-0.15, -0.1) is 0 Å². The Hall–Kier alpha value is -2.19. The van der Waals surface area contributed by atoms with Crippen LogP contribution >= 0.6 is 0 Å². The Morgan fingerprint density at radius 1 is 1.38 bits per heavy atom. The molecule has 7 nitrogen and oxygen atoms in total. The van der Waals surface area contributed by atoms with Crippen LogP contribution in [-0.2, 0) is 10.0 Å². The van der Waals surface area contributed by atoms with E-state index in [-0.39, 0.29) is 17.2 Å². The van der Waals surface area contributed by atoms with Gasteiger partial charge in [-0.1, -0.05) is 24.2 Å². The van der Waals surface area contributed by atoms with E-state index in [1.54, 1.807) is 31.2 Å². The second-order valence-corrected chi connectivity index (χ2v) is 8.68. The van der Waals surface area contributed by atoms with Crippen LogP contribution in [0.2, 0.25) is 0 Å². The van der Waals surface area contributed by atoms with Crippen molar-refractivity contribution in [2.24, 2.45) is 5.92 Å². The Balaban J connectivity index is 1.73. The smallest absolute Gasteiger partial charge is 0.243 e. The van der Waals surface area contributed by atoms with E-state index in [2.05, 4.69) is 17.4 Å². The predicted octanol–water partition coefficient (Wildman–Crippen LogP) is 2.70. The number of nitrogens with one attached hydrogen (secondary N) is 1. The molecule has 1 saturated heterocycles. The molecule has 0 saturated carbocycles. The van der Waals surface area contributed by atoms with Gasteiger partial charge in [0, 0.05) is 24.7 Å². The third-order valence-corrected chi connectivity index (χ3v) is 6.33. The number of aromatic nitrogens is 1. The molecule has 8 heteroatoms. The lowest BCUT2D eigenvalue weighted by atomic mass is 10.0. The molecule has 1 aliphatic rings. The van der Waals surface area contributed by atoms with Crippen molar-refractivity contribution in [3.63, 3.8) is 0 Å². The first kappa shape index (κ1) is 18.6. The van der Waals surface area contributed by atoms with Crippen LogP contribution in [0.15, 0.2) is 39.8 Å². The highest BCUT2D eigenvalue weighted by atomic mass is 32.2. The fourth-order valence-electron chi connectivity index (χ4n) is 3.07. The minimum absolute atomic E-state index is 0.0101. The molecule has 2 heterocycles. The Morgan fingerprint density at radius 3 is 2.88 bits per heavy atom. The summed E-state index contributed by atoms with van der Waals surface area (Å²) in [5, 5.41) is 6.64. The van der Waals surface area contributed by atoms with Crippen molar-refractivity contribution in [1.82, 2.24) is 9.46 Å². The standard InChI is InChI=1S/C18H23N3O4S/c1-13-5-4-8-21(12-13)26(23,24)16-7-3-6-15(10-16)17(22)11-19-18-9-14(2)25-20-18/h3,6-7,9-10,13H,4-5,8,11-12H2,1-2H3,(H,19,20). The lowest BCUT2D eigenvalue weighted by molar-refractivity contribution is 0.101. The number of Topliss-reactive ketones (excluding diaryl/α,β-unsaturated/α-hetero) is 1. The minimum Gasteiger partial charge on any atom is -0.360 e. The second kappa shape index (κ2) is 7.59. The Kier molecular flexibility index (Phi) is 5.43. The molecular formula is C18H23N3O4S. The number of rotatable bonds is 6. The zero-order valence-electron chi connectivity index (χ0n) is 14.9. The van der Waals surface area contributed by atoms with Gasteiger partial charge in [0.1, 0.15) is 5.76 Å². The van der Waals surface area contributed by atoms with Crippen molar-refractivity contribution in [3.05, 3.63) is 41.7 Å². The van der Waals surface area contributed by atoms with Crippen LogP contribution in [0.4, 0.5) is 5.82 Å². The van der Waals surface area contributed by atoms with Gasteiger partial charge in [0.05, 0.1) is 11.4 Å². The number of aryl methyl sites for hydroxylation is 1. The molecule has 0 radical (unpaired) electrons. The van der Waals surface area contributed by atoms with Crippen molar-refractivity contribution in [2.75, 3.05) is 25.0 Å². The van der Waals surface area contributed by atoms with Gasteiger partial charge in [-0.05, 0) is 37.8 Å². The molecule has 0 bridgehead atoms. The third-order valence-electron chi connectivity index (χ3n) is 4.47. The van der Waals surface area contributed by atoms with Crippen LogP contribution in [0.3, 0.4) is 0 Å². The van der Waals surface area contributed by atoms with E-state index in [9.17, 15) is 13.2 Å². The molecule has 0 spiro atoms. The van der Waals surface area contributed by atoms with Crippen LogP contribution in [0.5, 0.6) is 0 Å². The Morgan fingerprint density at radius 2 is 2.19 bits per heavy atom. The number of carbonyl (C=O) groups is 1. The van der Waals surface area contributed by atoms with Crippen LogP contribution in [-0.4, -0.2) is 43.3 Å². The van der Waals surface area contributed by atoms with Gasteiger partial charge in [-0.2, -0.15) is 4.31 Å². The normalized spacial score (nSPS) is 18.6. The number of hydrogen-bond acceptors (Lipinski definition) is 6. The zero-order chi connectivity index (χ0) is 18.7. The summed E-state index contributed by atoms with van der Waals surface area (Å²) in [6, 6.07) is 7.90. The highest BCUT2D eigenvalue weighted by Gasteiger charge is 2.29. The van der Waals surface area contributed by atoms with Gasteiger partial charge in [-0.25, -0.2) is 8.42 Å². The number of anilines is 1. The summed E-state index contributed by atoms with van der Waals surface area (Å²) in [6.45, 7) is 4.87. The minimum atomic E-state index is -3.58. The third kappa shape index (κ3) is 4.13. The van der Waals surface area contributed by atoms with E-state index in [4.69, 9.17) is 4.52 Å². The number of hydrogen-bond donors (Lipinski definition) is 1. The van der Waals surface area contributed by atoms with Crippen molar-refractivity contribution >= 4 is 21.6 Å². The first-order valence-electron chi connectivity index (χ1n) is 8.67. The highest BCUT2D eigenvalue weighted by molar-refractivity contribution is 7.89. The van der Waals surface area contributed by atoms with Gasteiger partial charge in [0.2, 0.25) is 10.0 Å². The molecule has 1 fully saturated rings. The molecule has 1 unspecified atom stereocenters. The van der Waals surface area contributed by atoms with E-state index < -0.39 is 10.0 Å². The largest absolute Gasteiger partial charge is 0.360 e. The van der Waals surface area contributed by atoms with Crippen molar-refractivity contribution < 1.29 is 17.7 Å². The maximum absolute atomic E-state index is 12.9. The maximum atomic E-state index is 12.9. The summed E-state index contributed by atoms with van der Waals surface area (Å²) in [7, 11) is -3.58. The lowest BCUT2D eigenvalue weighted by Gasteiger charge is -2.30. The number of ketones is 1. The molecule has 1 N–H and O–H groups in total. The fraction of sp³-hybridized carbons (Fsp3) is 0.444. The summed E-state index contributed by atoms with van der Waals surface area (Å²) in [5.41, 5.74) is 0.351. The van der Waals surface area contributed by atoms with Gasteiger partial charge >= 0.3 is 0 Å². The predicted molar refractivity (Wildman–Crippen MR) is 97.7 cm³/mol. The van der Waals surface area contributed by atoms with E-state index in [0.29, 0.717) is 36.1 Å². The monoisotopic (exact) mass is 377 g/mol. The first-order valence-corrected chi connectivity index (χ1v) is 10.1. The van der Waals surface area contributed by atoms with Gasteiger partial charge < -0.3 is 9.84 Å². The van der Waals surface area contributed by atoms with Crippen LogP contribution in [0, 0.1) is 12.8 Å². The van der Waals surface area contributed by atoms with Gasteiger partial charge in [0.15, 0.2) is 11.6 Å². The molecule has 0 amide bonds. The Bertz CT molecular complexity index is 891. The summed E-state index contributed by atoms with van der Waals surface area (Å²) in [5.74, 6) is 1.25. The van der Waals surface area contributed by atoms with Crippen molar-refractivity contribution in [3.8, 4) is 0 Å². The maximum Gasteiger partial charge on any atom is 0.243 e. The fourth-order valence-corrected chi connectivity index (χ4v) is 4.71. The van der Waals surface area contributed by atoms with E-state index in [1.165, 1.54) is 10.4 Å². The van der Waals surface area contributed by atoms with Gasteiger partial charge in [-0.3, -0.25) is 4.79 Å². The summed E-state index contributed by atoms with van der Waals surface area (Å²) in [6.07, 6.45) is 1.90. The highest BCUT2D eigenvalue weighted by Crippen LogP contribution is 2.24. The molecule has 3 rings (SSSR count). The quantitative estimate of drug-likeness (QED) is 0.778. The zero-order valence-corrected chi connectivity index (χ0v) is 15.8. The SMILES string of the molecule is Cc1cc(NCC(=O)c2cccc(S(=O)(=O)N3CCCC(C)C3)c2)no1. The topological polar surface area (TPSA) is 92.5 Å². The molecule has 2 aromatic rings. The van der Waals surface area contributed by atoms with E-state index in [0.717, 1.165) is 12.8 Å². The van der Waals surface area contributed by atoms with Crippen molar-refractivity contribution in [1.29, 1.82) is 0 Å². The lowest BCUT2D eigenvalue weighted by Crippen LogP contribution is -2.39. The van der Waals surface area contributed by atoms with E-state index in [1.807, 2.05) is 0 Å². The summed E-state index contributed by atoms with van der Waals surface area (Å²) < 4.78 is 32.2. The molecule has 1 aromatic heterocycles. The first-order chi connectivity index (χ1) is 12.4. The number of nitrogens with zero attached hydrogens (tertiary/aromatic N) is 2. The second-order valence-electron chi connectivity index (χ2n) is 6.74. The summed E-state index contributed by atoms with van der Waals surface area (Å²) in [4.78, 5) is 12.6. The molecular weight excluding hydrogens is 354 g/mol. The van der Waals surface area contributed by atoms with Gasteiger partial charge in [0.25, 0.3) is 0 Å². The Labute approximate surface area is 153 Å². The molecule has 1 atom stereocenters. The van der Waals surface area contributed by atoms with E-state index >= 15 is 0 Å². The average molecular weight is 377 g/mol. The van der Waals surface area contributed by atoms with Crippen LogP contribution in [0.1, 0.15) is 35.9 Å². The average Bonchev–Trinajstić information content (AvgIpc) is 3.05. The van der Waals surface area contributed by atoms with Crippen molar-refractivity contribution in [2.45, 2.75) is 31.6 Å². The number of sulfonamides is 1. The van der Waals surface area contributed by atoms with Crippen LogP contribution < -0.4 is 5.32 Å². The molecule has 26 heavy (non-hydrogen) atoms. The van der Waals surface area contributed by atoms with Crippen LogP contribution in [0.25, 0.3) is 0 Å². The molecule has 1 aliphatic heterocycles. The number of benzene rings is 1. The number of carbonyl (C=O) groups excluding carboxylic acids is 1. The molecule has 0 aliphatic carbocycles. The molecule has 1 aromatic carbocycles. The molecule has 140 valence electrons. The summed E-state index contributed by atoms with van der Waals surface area (Å²) >= 11 is 0. The number of piperidine rings is 1.